The van der Waals surface area contributed by atoms with Crippen LogP contribution < -0.4 is 14.9 Å². The van der Waals surface area contributed by atoms with Crippen molar-refractivity contribution in [2.24, 2.45) is 0 Å². The monoisotopic (exact) mass is 421 g/mol. The highest BCUT2D eigenvalue weighted by Gasteiger charge is 2.27. The second-order valence-corrected chi connectivity index (χ2v) is 8.22. The van der Waals surface area contributed by atoms with Crippen LogP contribution in [0.25, 0.3) is 0 Å². The van der Waals surface area contributed by atoms with Gasteiger partial charge in [0.15, 0.2) is 6.61 Å². The van der Waals surface area contributed by atoms with Crippen LogP contribution in [-0.2, 0) is 32.5 Å². The van der Waals surface area contributed by atoms with Gasteiger partial charge in [0, 0.05) is 6.54 Å². The van der Waals surface area contributed by atoms with E-state index in [2.05, 4.69) is 5.32 Å². The molecule has 29 heavy (non-hydrogen) atoms. The molecule has 1 aromatic heterocycles. The highest BCUT2D eigenvalue weighted by atomic mass is 32.2. The van der Waals surface area contributed by atoms with Gasteiger partial charge in [0.25, 0.3) is 5.91 Å². The first kappa shape index (κ1) is 20.4. The number of imide groups is 1. The van der Waals surface area contributed by atoms with Crippen molar-refractivity contribution in [3.63, 3.8) is 0 Å². The van der Waals surface area contributed by atoms with E-state index in [0.717, 1.165) is 6.26 Å². The highest BCUT2D eigenvalue weighted by Crippen LogP contribution is 2.30. The first-order valence-corrected chi connectivity index (χ1v) is 10.5. The van der Waals surface area contributed by atoms with E-state index in [4.69, 9.17) is 9.15 Å². The molecule has 0 fully saturated rings. The normalized spacial score (nSPS) is 12.9. The van der Waals surface area contributed by atoms with E-state index in [1.807, 2.05) is 5.32 Å². The molecule has 2 aromatic rings. The molecule has 3 rings (SSSR count). The lowest BCUT2D eigenvalue weighted by Gasteiger charge is -2.16. The second-order valence-electron chi connectivity index (χ2n) is 6.31. The van der Waals surface area contributed by atoms with Crippen LogP contribution in [0.15, 0.2) is 41.0 Å². The molecule has 0 saturated carbocycles. The number of nitrogens with one attached hydrogen (secondary N) is 2. The van der Waals surface area contributed by atoms with Crippen molar-refractivity contribution in [3.8, 4) is 0 Å². The Bertz CT molecular complexity index is 1030. The van der Waals surface area contributed by atoms with E-state index in [1.165, 1.54) is 28.8 Å². The predicted molar refractivity (Wildman–Crippen MR) is 102 cm³/mol. The van der Waals surface area contributed by atoms with Crippen LogP contribution in [-0.4, -0.2) is 45.7 Å². The lowest BCUT2D eigenvalue weighted by atomic mass is 10.1. The van der Waals surface area contributed by atoms with Crippen molar-refractivity contribution in [1.82, 2.24) is 10.6 Å². The summed E-state index contributed by atoms with van der Waals surface area (Å²) in [5, 5.41) is 4.45. The zero-order valence-corrected chi connectivity index (χ0v) is 16.3. The number of esters is 1. The molecule has 1 aliphatic heterocycles. The number of fused-ring (bicyclic) bond motifs is 1. The van der Waals surface area contributed by atoms with Gasteiger partial charge in [-0.15, -0.1) is 0 Å². The van der Waals surface area contributed by atoms with Crippen molar-refractivity contribution in [1.29, 1.82) is 0 Å². The molecule has 3 amide bonds. The number of hydrogen-bond donors (Lipinski definition) is 2. The SMILES string of the molecule is CS(=O)(=O)N1CCc2cc(C(=O)OCC(=O)NC(=O)NCc3ccco3)ccc21. The summed E-state index contributed by atoms with van der Waals surface area (Å²) in [6.07, 6.45) is 3.05. The predicted octanol–water partition coefficient (Wildman–Crippen LogP) is 0.785. The zero-order valence-electron chi connectivity index (χ0n) is 15.5. The molecule has 0 saturated heterocycles. The average molecular weight is 421 g/mol. The maximum atomic E-state index is 12.1. The fourth-order valence-corrected chi connectivity index (χ4v) is 3.80. The quantitative estimate of drug-likeness (QED) is 0.658. The molecular weight excluding hydrogens is 402 g/mol. The minimum atomic E-state index is -3.38. The van der Waals surface area contributed by atoms with Gasteiger partial charge in [-0.05, 0) is 42.3 Å². The summed E-state index contributed by atoms with van der Waals surface area (Å²) in [7, 11) is -3.38. The fourth-order valence-electron chi connectivity index (χ4n) is 2.84. The van der Waals surface area contributed by atoms with E-state index in [1.54, 1.807) is 12.1 Å². The number of nitrogens with zero attached hydrogens (tertiary/aromatic N) is 1. The molecular formula is C18H19N3O7S. The smallest absolute Gasteiger partial charge is 0.338 e. The van der Waals surface area contributed by atoms with Crippen molar-refractivity contribution in [2.45, 2.75) is 13.0 Å². The molecule has 11 heteroatoms. The number of carbonyl (C=O) groups excluding carboxylic acids is 3. The van der Waals surface area contributed by atoms with E-state index in [9.17, 15) is 22.8 Å². The number of amides is 3. The van der Waals surface area contributed by atoms with Crippen molar-refractivity contribution in [2.75, 3.05) is 23.7 Å². The molecule has 10 nitrogen and oxygen atoms in total. The summed E-state index contributed by atoms with van der Waals surface area (Å²) in [6, 6.07) is 7.07. The van der Waals surface area contributed by atoms with Crippen LogP contribution in [0.5, 0.6) is 0 Å². The number of ether oxygens (including phenoxy) is 1. The van der Waals surface area contributed by atoms with Gasteiger partial charge in [0.1, 0.15) is 5.76 Å². The average Bonchev–Trinajstić information content (AvgIpc) is 3.32. The number of rotatable bonds is 6. The van der Waals surface area contributed by atoms with E-state index in [-0.39, 0.29) is 12.1 Å². The number of furan rings is 1. The minimum Gasteiger partial charge on any atom is -0.467 e. The molecule has 2 N–H and O–H groups in total. The summed E-state index contributed by atoms with van der Waals surface area (Å²) in [6.45, 7) is -0.229. The molecule has 154 valence electrons. The standard InChI is InChI=1S/C18H19N3O7S/c1-29(25,26)21-7-6-12-9-13(4-5-15(12)21)17(23)28-11-16(22)20-18(24)19-10-14-3-2-8-27-14/h2-5,8-9H,6-7,10-11H2,1H3,(H2,19,20,22,24). The van der Waals surface area contributed by atoms with Gasteiger partial charge >= 0.3 is 12.0 Å². The molecule has 0 bridgehead atoms. The molecule has 0 aliphatic carbocycles. The summed E-state index contributed by atoms with van der Waals surface area (Å²) in [5.74, 6) is -1.03. The minimum absolute atomic E-state index is 0.103. The van der Waals surface area contributed by atoms with Crippen molar-refractivity contribution in [3.05, 3.63) is 53.5 Å². The first-order chi connectivity index (χ1) is 13.7. The number of carbonyl (C=O) groups is 3. The molecule has 0 spiro atoms. The Hall–Kier alpha value is -3.34. The van der Waals surface area contributed by atoms with Crippen LogP contribution in [0.1, 0.15) is 21.7 Å². The Morgan fingerprint density at radius 2 is 2.03 bits per heavy atom. The van der Waals surface area contributed by atoms with E-state index >= 15 is 0 Å². The molecule has 1 aromatic carbocycles. The van der Waals surface area contributed by atoms with Gasteiger partial charge < -0.3 is 14.5 Å². The molecule has 0 unspecified atom stereocenters. The third kappa shape index (κ3) is 5.13. The Morgan fingerprint density at radius 1 is 1.24 bits per heavy atom. The first-order valence-electron chi connectivity index (χ1n) is 8.62. The maximum absolute atomic E-state index is 12.1. The number of sulfonamides is 1. The lowest BCUT2D eigenvalue weighted by Crippen LogP contribution is -2.41. The van der Waals surface area contributed by atoms with Crippen LogP contribution in [0.2, 0.25) is 0 Å². The highest BCUT2D eigenvalue weighted by molar-refractivity contribution is 7.92. The Kier molecular flexibility index (Phi) is 5.87. The zero-order chi connectivity index (χ0) is 21.0. The molecule has 1 aliphatic rings. The largest absolute Gasteiger partial charge is 0.467 e. The van der Waals surface area contributed by atoms with Gasteiger partial charge in [-0.25, -0.2) is 18.0 Å². The van der Waals surface area contributed by atoms with Gasteiger partial charge in [-0.1, -0.05) is 0 Å². The third-order valence-electron chi connectivity index (χ3n) is 4.16. The Labute approximate surface area is 166 Å². The number of benzene rings is 1. The van der Waals surface area contributed by atoms with Crippen LogP contribution in [0.3, 0.4) is 0 Å². The second kappa shape index (κ2) is 8.35. The van der Waals surface area contributed by atoms with E-state index in [0.29, 0.717) is 30.0 Å². The third-order valence-corrected chi connectivity index (χ3v) is 5.34. The molecule has 2 heterocycles. The van der Waals surface area contributed by atoms with Crippen LogP contribution in [0.4, 0.5) is 10.5 Å². The number of hydrogen-bond acceptors (Lipinski definition) is 7. The van der Waals surface area contributed by atoms with Gasteiger partial charge in [-0.2, -0.15) is 0 Å². The number of anilines is 1. The van der Waals surface area contributed by atoms with Gasteiger partial charge in [0.2, 0.25) is 10.0 Å². The molecule has 0 radical (unpaired) electrons. The lowest BCUT2D eigenvalue weighted by molar-refractivity contribution is -0.123. The summed E-state index contributed by atoms with van der Waals surface area (Å²) in [4.78, 5) is 35.5. The topological polar surface area (TPSA) is 135 Å². The number of urea groups is 1. The maximum Gasteiger partial charge on any atom is 0.338 e. The fraction of sp³-hybridized carbons (Fsp3) is 0.278. The van der Waals surface area contributed by atoms with Gasteiger partial charge in [-0.3, -0.25) is 14.4 Å². The van der Waals surface area contributed by atoms with Gasteiger partial charge in [0.05, 0.1) is 30.3 Å². The molecule has 0 atom stereocenters. The Morgan fingerprint density at radius 3 is 2.72 bits per heavy atom. The van der Waals surface area contributed by atoms with Crippen LogP contribution in [0, 0.1) is 0 Å². The van der Waals surface area contributed by atoms with E-state index < -0.39 is 34.5 Å². The van der Waals surface area contributed by atoms with Crippen molar-refractivity contribution < 1.29 is 32.0 Å². The Balaban J connectivity index is 1.49. The van der Waals surface area contributed by atoms with Crippen LogP contribution >= 0.6 is 0 Å². The van der Waals surface area contributed by atoms with Crippen molar-refractivity contribution >= 4 is 33.6 Å². The summed E-state index contributed by atoms with van der Waals surface area (Å²) >= 11 is 0. The summed E-state index contributed by atoms with van der Waals surface area (Å²) in [5.41, 5.74) is 1.41. The summed E-state index contributed by atoms with van der Waals surface area (Å²) < 4.78 is 34.7.